The zero-order valence-corrected chi connectivity index (χ0v) is 10.6. The minimum Gasteiger partial charge on any atom is -0.314 e. The zero-order chi connectivity index (χ0) is 11.2. The van der Waals surface area contributed by atoms with E-state index in [1.54, 1.807) is 0 Å². The monoisotopic (exact) mass is 222 g/mol. The summed E-state index contributed by atoms with van der Waals surface area (Å²) in [5, 5.41) is 3.57. The van der Waals surface area contributed by atoms with E-state index in [1.807, 2.05) is 0 Å². The molecule has 1 fully saturated rings. The molecule has 1 N–H and O–H groups in total. The van der Waals surface area contributed by atoms with E-state index in [2.05, 4.69) is 29.3 Å². The third-order valence-corrected chi connectivity index (χ3v) is 3.97. The molecule has 0 aromatic heterocycles. The summed E-state index contributed by atoms with van der Waals surface area (Å²) in [5.41, 5.74) is 0. The first kappa shape index (κ1) is 12.1. The first-order valence-electron chi connectivity index (χ1n) is 6.99. The van der Waals surface area contributed by atoms with Crippen LogP contribution in [0.15, 0.2) is 12.2 Å². The Balaban J connectivity index is 1.66. The molecule has 2 rings (SSSR count). The van der Waals surface area contributed by atoms with Crippen LogP contribution in [0.5, 0.6) is 0 Å². The van der Waals surface area contributed by atoms with Crippen molar-refractivity contribution in [2.75, 3.05) is 26.2 Å². The quantitative estimate of drug-likeness (QED) is 0.735. The zero-order valence-electron chi connectivity index (χ0n) is 10.6. The van der Waals surface area contributed by atoms with E-state index in [4.69, 9.17) is 0 Å². The largest absolute Gasteiger partial charge is 0.314 e. The van der Waals surface area contributed by atoms with Crippen molar-refractivity contribution in [2.24, 2.45) is 5.92 Å². The Morgan fingerprint density at radius 3 is 2.62 bits per heavy atom. The predicted octanol–water partition coefficient (Wildman–Crippen LogP) is 2.42. The molecule has 0 amide bonds. The molecule has 2 nitrogen and oxygen atoms in total. The first-order chi connectivity index (χ1) is 7.88. The van der Waals surface area contributed by atoms with Gasteiger partial charge in [0.05, 0.1) is 0 Å². The van der Waals surface area contributed by atoms with Crippen LogP contribution in [0.4, 0.5) is 0 Å². The summed E-state index contributed by atoms with van der Waals surface area (Å²) < 4.78 is 0. The Morgan fingerprint density at radius 2 is 2.00 bits per heavy atom. The number of piperidine rings is 1. The van der Waals surface area contributed by atoms with E-state index >= 15 is 0 Å². The van der Waals surface area contributed by atoms with Gasteiger partial charge in [0.15, 0.2) is 0 Å². The van der Waals surface area contributed by atoms with Gasteiger partial charge in [-0.3, -0.25) is 0 Å². The summed E-state index contributed by atoms with van der Waals surface area (Å²) in [6, 6.07) is 0.785. The van der Waals surface area contributed by atoms with Crippen LogP contribution in [0.25, 0.3) is 0 Å². The highest BCUT2D eigenvalue weighted by Crippen LogP contribution is 2.21. The molecule has 0 bridgehead atoms. The van der Waals surface area contributed by atoms with Gasteiger partial charge in [-0.2, -0.15) is 0 Å². The van der Waals surface area contributed by atoms with Crippen molar-refractivity contribution in [2.45, 2.75) is 45.1 Å². The van der Waals surface area contributed by atoms with Crippen molar-refractivity contribution in [3.05, 3.63) is 12.2 Å². The maximum atomic E-state index is 3.57. The van der Waals surface area contributed by atoms with Crippen LogP contribution in [0.3, 0.4) is 0 Å². The molecular weight excluding hydrogens is 196 g/mol. The smallest absolute Gasteiger partial charge is 0.00912 e. The standard InChI is InChI=1S/C14H26N2/c1-2-15-14-8-10-16(11-9-14)12-13-6-4-3-5-7-13/h3-4,13-15H,2,5-12H2,1H3. The SMILES string of the molecule is CCNC1CCN(CC2CC=CCC2)CC1. The fraction of sp³-hybridized carbons (Fsp3) is 0.857. The summed E-state index contributed by atoms with van der Waals surface area (Å²) in [6.45, 7) is 7.28. The molecule has 0 aromatic rings. The number of likely N-dealkylation sites (tertiary alicyclic amines) is 1. The Morgan fingerprint density at radius 1 is 1.19 bits per heavy atom. The lowest BCUT2D eigenvalue weighted by Crippen LogP contribution is -2.44. The van der Waals surface area contributed by atoms with Gasteiger partial charge in [-0.1, -0.05) is 19.1 Å². The predicted molar refractivity (Wildman–Crippen MR) is 69.6 cm³/mol. The molecule has 16 heavy (non-hydrogen) atoms. The Kier molecular flexibility index (Phi) is 4.86. The molecule has 2 heteroatoms. The van der Waals surface area contributed by atoms with Crippen LogP contribution >= 0.6 is 0 Å². The van der Waals surface area contributed by atoms with Crippen molar-refractivity contribution >= 4 is 0 Å². The van der Waals surface area contributed by atoms with Gasteiger partial charge in [0.1, 0.15) is 0 Å². The minimum absolute atomic E-state index is 0.785. The number of nitrogens with one attached hydrogen (secondary N) is 1. The molecule has 1 heterocycles. The fourth-order valence-corrected chi connectivity index (χ4v) is 3.00. The van der Waals surface area contributed by atoms with E-state index in [1.165, 1.54) is 51.7 Å². The maximum absolute atomic E-state index is 3.57. The lowest BCUT2D eigenvalue weighted by Gasteiger charge is -2.34. The third kappa shape index (κ3) is 3.60. The molecule has 0 saturated carbocycles. The van der Waals surface area contributed by atoms with E-state index in [9.17, 15) is 0 Å². The van der Waals surface area contributed by atoms with E-state index in [0.29, 0.717) is 0 Å². The lowest BCUT2D eigenvalue weighted by molar-refractivity contribution is 0.168. The van der Waals surface area contributed by atoms with Gasteiger partial charge in [-0.25, -0.2) is 0 Å². The lowest BCUT2D eigenvalue weighted by atomic mass is 9.93. The summed E-state index contributed by atoms with van der Waals surface area (Å²) in [6.07, 6.45) is 11.4. The second kappa shape index (κ2) is 6.41. The number of hydrogen-bond donors (Lipinski definition) is 1. The topological polar surface area (TPSA) is 15.3 Å². The second-order valence-corrected chi connectivity index (χ2v) is 5.28. The number of allylic oxidation sites excluding steroid dienone is 2. The minimum atomic E-state index is 0.785. The molecule has 0 aromatic carbocycles. The summed E-state index contributed by atoms with van der Waals surface area (Å²) >= 11 is 0. The normalized spacial score (nSPS) is 28.4. The number of nitrogens with zero attached hydrogens (tertiary/aromatic N) is 1. The average Bonchev–Trinajstić information content (AvgIpc) is 2.33. The second-order valence-electron chi connectivity index (χ2n) is 5.28. The van der Waals surface area contributed by atoms with Crippen LogP contribution in [0.2, 0.25) is 0 Å². The summed E-state index contributed by atoms with van der Waals surface area (Å²) in [7, 11) is 0. The Labute approximate surface area is 100 Å². The molecule has 0 spiro atoms. The molecule has 1 unspecified atom stereocenters. The van der Waals surface area contributed by atoms with Crippen LogP contribution in [-0.2, 0) is 0 Å². The van der Waals surface area contributed by atoms with Crippen LogP contribution in [0.1, 0.15) is 39.0 Å². The van der Waals surface area contributed by atoms with Crippen molar-refractivity contribution in [1.82, 2.24) is 10.2 Å². The van der Waals surface area contributed by atoms with Crippen molar-refractivity contribution in [3.8, 4) is 0 Å². The third-order valence-electron chi connectivity index (χ3n) is 3.97. The van der Waals surface area contributed by atoms with Gasteiger partial charge in [-0.05, 0) is 57.7 Å². The Hall–Kier alpha value is -0.340. The van der Waals surface area contributed by atoms with Crippen molar-refractivity contribution in [1.29, 1.82) is 0 Å². The van der Waals surface area contributed by atoms with Crippen LogP contribution in [-0.4, -0.2) is 37.1 Å². The first-order valence-corrected chi connectivity index (χ1v) is 6.99. The van der Waals surface area contributed by atoms with Crippen molar-refractivity contribution in [3.63, 3.8) is 0 Å². The maximum Gasteiger partial charge on any atom is 0.00912 e. The Bertz CT molecular complexity index is 217. The van der Waals surface area contributed by atoms with E-state index in [0.717, 1.165) is 18.5 Å². The van der Waals surface area contributed by atoms with Crippen LogP contribution in [0, 0.1) is 5.92 Å². The summed E-state index contributed by atoms with van der Waals surface area (Å²) in [4.78, 5) is 2.68. The van der Waals surface area contributed by atoms with Gasteiger partial charge in [0.25, 0.3) is 0 Å². The summed E-state index contributed by atoms with van der Waals surface area (Å²) in [5.74, 6) is 0.931. The highest BCUT2D eigenvalue weighted by molar-refractivity contribution is 4.91. The van der Waals surface area contributed by atoms with Crippen molar-refractivity contribution < 1.29 is 0 Å². The highest BCUT2D eigenvalue weighted by atomic mass is 15.1. The van der Waals surface area contributed by atoms with E-state index in [-0.39, 0.29) is 0 Å². The molecule has 1 aliphatic carbocycles. The molecule has 0 radical (unpaired) electrons. The fourth-order valence-electron chi connectivity index (χ4n) is 3.00. The number of hydrogen-bond acceptors (Lipinski definition) is 2. The van der Waals surface area contributed by atoms with Gasteiger partial charge >= 0.3 is 0 Å². The molecular formula is C14H26N2. The molecule has 92 valence electrons. The number of rotatable bonds is 4. The molecule has 1 aliphatic heterocycles. The van der Waals surface area contributed by atoms with E-state index < -0.39 is 0 Å². The van der Waals surface area contributed by atoms with Gasteiger partial charge in [-0.15, -0.1) is 0 Å². The van der Waals surface area contributed by atoms with Gasteiger partial charge in [0.2, 0.25) is 0 Å². The van der Waals surface area contributed by atoms with Crippen LogP contribution < -0.4 is 5.32 Å². The molecule has 1 saturated heterocycles. The average molecular weight is 222 g/mol. The molecule has 1 atom stereocenters. The van der Waals surface area contributed by atoms with Gasteiger partial charge in [0, 0.05) is 12.6 Å². The highest BCUT2D eigenvalue weighted by Gasteiger charge is 2.20. The molecule has 2 aliphatic rings. The van der Waals surface area contributed by atoms with Gasteiger partial charge < -0.3 is 10.2 Å².